The summed E-state index contributed by atoms with van der Waals surface area (Å²) in [4.78, 5) is 0. The van der Waals surface area contributed by atoms with Crippen LogP contribution in [0.2, 0.25) is 0 Å². The van der Waals surface area contributed by atoms with E-state index in [1.165, 1.54) is 11.1 Å². The largest absolute Gasteiger partial charge is 0.496 e. The number of methoxy groups -OCH3 is 1. The van der Waals surface area contributed by atoms with Crippen LogP contribution < -0.4 is 10.1 Å². The third-order valence-corrected chi connectivity index (χ3v) is 5.82. The molecule has 1 saturated heterocycles. The Morgan fingerprint density at radius 3 is 2.78 bits per heavy atom. The van der Waals surface area contributed by atoms with E-state index in [1.807, 2.05) is 19.1 Å². The van der Waals surface area contributed by atoms with E-state index in [4.69, 9.17) is 8.92 Å². The molecule has 5 nitrogen and oxygen atoms in total. The Labute approximate surface area is 138 Å². The summed E-state index contributed by atoms with van der Waals surface area (Å²) >= 11 is 0. The average molecular weight is 339 g/mol. The fourth-order valence-electron chi connectivity index (χ4n) is 4.01. The highest BCUT2D eigenvalue weighted by Crippen LogP contribution is 2.37. The van der Waals surface area contributed by atoms with Gasteiger partial charge < -0.3 is 10.1 Å². The zero-order valence-electron chi connectivity index (χ0n) is 13.9. The molecule has 4 atom stereocenters. The fraction of sp³-hybridized carbons (Fsp3) is 0.647. The molecule has 1 aromatic rings. The van der Waals surface area contributed by atoms with E-state index in [9.17, 15) is 8.42 Å². The van der Waals surface area contributed by atoms with Gasteiger partial charge >= 0.3 is 0 Å². The van der Waals surface area contributed by atoms with Gasteiger partial charge in [-0.3, -0.25) is 4.18 Å². The van der Waals surface area contributed by atoms with E-state index in [-0.39, 0.29) is 12.0 Å². The SMILES string of the molecule is COc1cccc2c1C[C@H]1C[C@@H](C(C)OS(C)(=O)=O)CN[C@@H]1C2. The summed E-state index contributed by atoms with van der Waals surface area (Å²) in [6.07, 6.45) is 3.78. The molecule has 128 valence electrons. The molecule has 0 aromatic heterocycles. The van der Waals surface area contributed by atoms with Crippen molar-refractivity contribution in [3.63, 3.8) is 0 Å². The van der Waals surface area contributed by atoms with E-state index in [1.54, 1.807) is 7.11 Å². The van der Waals surface area contributed by atoms with Crippen LogP contribution in [0.3, 0.4) is 0 Å². The number of benzene rings is 1. The van der Waals surface area contributed by atoms with E-state index in [2.05, 4.69) is 11.4 Å². The molecule has 0 radical (unpaired) electrons. The van der Waals surface area contributed by atoms with Crippen LogP contribution in [-0.4, -0.2) is 40.5 Å². The molecule has 1 aromatic carbocycles. The lowest BCUT2D eigenvalue weighted by atomic mass is 9.72. The summed E-state index contributed by atoms with van der Waals surface area (Å²) in [5.41, 5.74) is 2.66. The second-order valence-electron chi connectivity index (χ2n) is 6.78. The van der Waals surface area contributed by atoms with Crippen LogP contribution in [-0.2, 0) is 27.1 Å². The fourth-order valence-corrected chi connectivity index (χ4v) is 4.72. The van der Waals surface area contributed by atoms with Gasteiger partial charge in [0.25, 0.3) is 10.1 Å². The van der Waals surface area contributed by atoms with Crippen molar-refractivity contribution >= 4 is 10.1 Å². The molecule has 1 heterocycles. The Kier molecular flexibility index (Phi) is 4.67. The first kappa shape index (κ1) is 16.7. The lowest BCUT2D eigenvalue weighted by Gasteiger charge is -2.42. The quantitative estimate of drug-likeness (QED) is 0.847. The minimum atomic E-state index is -3.41. The molecule has 3 rings (SSSR count). The van der Waals surface area contributed by atoms with Crippen LogP contribution in [0.5, 0.6) is 5.75 Å². The van der Waals surface area contributed by atoms with Gasteiger partial charge in [0.1, 0.15) is 5.75 Å². The third kappa shape index (κ3) is 3.70. The number of hydrogen-bond donors (Lipinski definition) is 1. The van der Waals surface area contributed by atoms with Crippen molar-refractivity contribution < 1.29 is 17.3 Å². The average Bonchev–Trinajstić information content (AvgIpc) is 2.50. The molecular weight excluding hydrogens is 314 g/mol. The zero-order valence-corrected chi connectivity index (χ0v) is 14.7. The second kappa shape index (κ2) is 6.42. The van der Waals surface area contributed by atoms with Crippen molar-refractivity contribution in [2.75, 3.05) is 19.9 Å². The van der Waals surface area contributed by atoms with Gasteiger partial charge in [-0.1, -0.05) is 12.1 Å². The summed E-state index contributed by atoms with van der Waals surface area (Å²) in [6.45, 7) is 2.65. The normalized spacial score (nSPS) is 28.6. The van der Waals surface area contributed by atoms with Crippen LogP contribution in [0.1, 0.15) is 24.5 Å². The lowest BCUT2D eigenvalue weighted by Crippen LogP contribution is -2.51. The summed E-state index contributed by atoms with van der Waals surface area (Å²) in [5, 5.41) is 3.60. The molecule has 0 bridgehead atoms. The first-order chi connectivity index (χ1) is 10.9. The van der Waals surface area contributed by atoms with Gasteiger partial charge in [0.2, 0.25) is 0 Å². The van der Waals surface area contributed by atoms with Crippen LogP contribution in [0.25, 0.3) is 0 Å². The number of piperidine rings is 1. The number of fused-ring (bicyclic) bond motifs is 2. The Bertz CT molecular complexity index is 673. The van der Waals surface area contributed by atoms with Crippen LogP contribution in [0.15, 0.2) is 18.2 Å². The first-order valence-electron chi connectivity index (χ1n) is 8.13. The van der Waals surface area contributed by atoms with E-state index >= 15 is 0 Å². The summed E-state index contributed by atoms with van der Waals surface area (Å²) in [7, 11) is -1.70. The van der Waals surface area contributed by atoms with E-state index in [0.717, 1.165) is 37.8 Å². The van der Waals surface area contributed by atoms with Crippen LogP contribution >= 0.6 is 0 Å². The molecule has 1 aliphatic carbocycles. The number of nitrogens with one attached hydrogen (secondary N) is 1. The minimum absolute atomic E-state index is 0.210. The maximum Gasteiger partial charge on any atom is 0.264 e. The van der Waals surface area contributed by atoms with E-state index < -0.39 is 10.1 Å². The highest BCUT2D eigenvalue weighted by Gasteiger charge is 2.37. The molecule has 1 unspecified atom stereocenters. The van der Waals surface area contributed by atoms with Crippen molar-refractivity contribution in [3.05, 3.63) is 29.3 Å². The van der Waals surface area contributed by atoms with Crippen molar-refractivity contribution in [2.24, 2.45) is 11.8 Å². The summed E-state index contributed by atoms with van der Waals surface area (Å²) in [6, 6.07) is 6.70. The Hall–Kier alpha value is -1.11. The molecule has 0 spiro atoms. The Morgan fingerprint density at radius 2 is 2.09 bits per heavy atom. The van der Waals surface area contributed by atoms with Gasteiger partial charge in [-0.15, -0.1) is 0 Å². The van der Waals surface area contributed by atoms with Crippen molar-refractivity contribution in [2.45, 2.75) is 38.3 Å². The Balaban J connectivity index is 1.74. The molecule has 0 saturated carbocycles. The highest BCUT2D eigenvalue weighted by molar-refractivity contribution is 7.86. The number of rotatable bonds is 4. The lowest BCUT2D eigenvalue weighted by molar-refractivity contribution is 0.0967. The highest BCUT2D eigenvalue weighted by atomic mass is 32.2. The van der Waals surface area contributed by atoms with Gasteiger partial charge in [-0.2, -0.15) is 8.42 Å². The molecule has 1 fully saturated rings. The van der Waals surface area contributed by atoms with Crippen LogP contribution in [0.4, 0.5) is 0 Å². The second-order valence-corrected chi connectivity index (χ2v) is 8.38. The first-order valence-corrected chi connectivity index (χ1v) is 9.95. The van der Waals surface area contributed by atoms with E-state index in [0.29, 0.717) is 12.0 Å². The summed E-state index contributed by atoms with van der Waals surface area (Å²) in [5.74, 6) is 1.66. The maximum atomic E-state index is 11.4. The number of ether oxygens (including phenoxy) is 1. The van der Waals surface area contributed by atoms with Crippen molar-refractivity contribution in [1.29, 1.82) is 0 Å². The predicted octanol–water partition coefficient (Wildman–Crippen LogP) is 1.75. The molecule has 1 N–H and O–H groups in total. The molecule has 23 heavy (non-hydrogen) atoms. The summed E-state index contributed by atoms with van der Waals surface area (Å²) < 4.78 is 33.4. The van der Waals surface area contributed by atoms with Gasteiger partial charge in [0.15, 0.2) is 0 Å². The maximum absolute atomic E-state index is 11.4. The molecule has 6 heteroatoms. The number of hydrogen-bond acceptors (Lipinski definition) is 5. The molecule has 0 amide bonds. The third-order valence-electron chi connectivity index (χ3n) is 5.16. The van der Waals surface area contributed by atoms with Gasteiger partial charge in [0.05, 0.1) is 19.5 Å². The van der Waals surface area contributed by atoms with Gasteiger partial charge in [0, 0.05) is 12.6 Å². The van der Waals surface area contributed by atoms with Gasteiger partial charge in [-0.25, -0.2) is 0 Å². The minimum Gasteiger partial charge on any atom is -0.496 e. The smallest absolute Gasteiger partial charge is 0.264 e. The molecular formula is C17H25NO4S. The molecule has 2 aliphatic rings. The monoisotopic (exact) mass is 339 g/mol. The van der Waals surface area contributed by atoms with Crippen molar-refractivity contribution in [1.82, 2.24) is 5.32 Å². The topological polar surface area (TPSA) is 64.6 Å². The standard InChI is InChI=1S/C17H25NO4S/c1-11(22-23(3,19)20)14-7-13-8-15-12(9-16(13)18-10-14)5-4-6-17(15)21-2/h4-6,11,13-14,16,18H,7-10H2,1-3H3/t11?,13-,14-,16-/m1/s1. The van der Waals surface area contributed by atoms with Crippen LogP contribution in [0, 0.1) is 11.8 Å². The van der Waals surface area contributed by atoms with Crippen molar-refractivity contribution in [3.8, 4) is 5.75 Å². The zero-order chi connectivity index (χ0) is 16.6. The predicted molar refractivity (Wildman–Crippen MR) is 89.2 cm³/mol. The van der Waals surface area contributed by atoms with Gasteiger partial charge in [-0.05, 0) is 55.2 Å². The Morgan fingerprint density at radius 1 is 1.30 bits per heavy atom. The molecule has 1 aliphatic heterocycles.